The van der Waals surface area contributed by atoms with Gasteiger partial charge in [-0.2, -0.15) is 0 Å². The Hall–Kier alpha value is -2.73. The van der Waals surface area contributed by atoms with E-state index < -0.39 is 0 Å². The van der Waals surface area contributed by atoms with Gasteiger partial charge in [-0.15, -0.1) is 0 Å². The van der Waals surface area contributed by atoms with Gasteiger partial charge in [0.15, 0.2) is 5.82 Å². The van der Waals surface area contributed by atoms with Crippen molar-refractivity contribution in [3.05, 3.63) is 71.3 Å². The Kier molecular flexibility index (Phi) is 4.86. The number of aliphatic hydroxyl groups is 1. The van der Waals surface area contributed by atoms with Crippen LogP contribution in [0.4, 0.5) is 0 Å². The second-order valence-corrected chi connectivity index (χ2v) is 5.58. The van der Waals surface area contributed by atoms with E-state index in [9.17, 15) is 5.11 Å². The number of para-hydroxylation sites is 1. The molecule has 2 N–H and O–H groups in total. The van der Waals surface area contributed by atoms with E-state index in [2.05, 4.69) is 26.0 Å². The van der Waals surface area contributed by atoms with Crippen LogP contribution in [0.25, 0.3) is 0 Å². The summed E-state index contributed by atoms with van der Waals surface area (Å²) in [5.74, 6) is 1.31. The number of aliphatic hydroxyl groups excluding tert-OH is 1. The van der Waals surface area contributed by atoms with Crippen LogP contribution < -0.4 is 4.74 Å². The van der Waals surface area contributed by atoms with Gasteiger partial charge in [0.1, 0.15) is 12.4 Å². The fraction of sp³-hybridized carbons (Fsp3) is 0.278. The molecule has 0 fully saturated rings. The van der Waals surface area contributed by atoms with Crippen molar-refractivity contribution < 1.29 is 9.84 Å². The van der Waals surface area contributed by atoms with Crippen LogP contribution in [-0.4, -0.2) is 32.2 Å². The van der Waals surface area contributed by atoms with Gasteiger partial charge >= 0.3 is 0 Å². The highest BCUT2D eigenvalue weighted by atomic mass is 16.5. The molecule has 2 aromatic heterocycles. The molecular formula is C18H20N4O2. The Balaban J connectivity index is 2.03. The molecule has 3 aromatic rings. The van der Waals surface area contributed by atoms with Crippen LogP contribution in [0.5, 0.6) is 5.75 Å². The molecule has 6 heteroatoms. The number of aromatic nitrogens is 4. The number of imidazole rings is 1. The Morgan fingerprint density at radius 1 is 1.29 bits per heavy atom. The summed E-state index contributed by atoms with van der Waals surface area (Å²) in [6, 6.07) is 7.98. The summed E-state index contributed by atoms with van der Waals surface area (Å²) in [4.78, 5) is 15.8. The van der Waals surface area contributed by atoms with Crippen molar-refractivity contribution in [3.8, 4) is 5.75 Å². The molecule has 0 saturated heterocycles. The van der Waals surface area contributed by atoms with Crippen LogP contribution in [0.3, 0.4) is 0 Å². The lowest BCUT2D eigenvalue weighted by Gasteiger charge is -2.20. The van der Waals surface area contributed by atoms with Gasteiger partial charge in [-0.25, -0.2) is 15.0 Å². The number of hydrogen-bond acceptors (Lipinski definition) is 5. The van der Waals surface area contributed by atoms with Gasteiger partial charge in [0, 0.05) is 41.7 Å². The first-order chi connectivity index (χ1) is 11.7. The smallest absolute Gasteiger partial charge is 0.153 e. The summed E-state index contributed by atoms with van der Waals surface area (Å²) in [6.07, 6.45) is 5.81. The molecule has 2 heterocycles. The number of aromatic amines is 1. The van der Waals surface area contributed by atoms with E-state index >= 15 is 0 Å². The lowest BCUT2D eigenvalue weighted by Crippen LogP contribution is -2.10. The predicted octanol–water partition coefficient (Wildman–Crippen LogP) is 2.38. The normalized spacial score (nSPS) is 12.1. The van der Waals surface area contributed by atoms with Gasteiger partial charge < -0.3 is 14.8 Å². The standard InChI is InChI=1S/C18H20N4O2/c1-12-4-3-5-14(18(12)24-2)15(16-9-19-11-21-16)8-13-6-7-20-17(10-23)22-13/h3-7,9,11,15,23H,8,10H2,1-2H3,(H,19,21). The Morgan fingerprint density at radius 2 is 2.17 bits per heavy atom. The summed E-state index contributed by atoms with van der Waals surface area (Å²) < 4.78 is 5.63. The highest BCUT2D eigenvalue weighted by Gasteiger charge is 2.22. The quantitative estimate of drug-likeness (QED) is 0.727. The van der Waals surface area contributed by atoms with Crippen molar-refractivity contribution >= 4 is 0 Å². The average molecular weight is 324 g/mol. The van der Waals surface area contributed by atoms with E-state index in [1.807, 2.05) is 31.3 Å². The van der Waals surface area contributed by atoms with Gasteiger partial charge in [-0.1, -0.05) is 18.2 Å². The summed E-state index contributed by atoms with van der Waals surface area (Å²) >= 11 is 0. The second kappa shape index (κ2) is 7.23. The third-order valence-corrected chi connectivity index (χ3v) is 4.03. The zero-order valence-electron chi connectivity index (χ0n) is 13.7. The van der Waals surface area contributed by atoms with Crippen LogP contribution in [0.2, 0.25) is 0 Å². The summed E-state index contributed by atoms with van der Waals surface area (Å²) in [5.41, 5.74) is 4.00. The number of H-pyrrole nitrogens is 1. The first-order valence-electron chi connectivity index (χ1n) is 7.76. The van der Waals surface area contributed by atoms with Crippen molar-refractivity contribution in [1.82, 2.24) is 19.9 Å². The fourth-order valence-electron chi connectivity index (χ4n) is 2.91. The number of rotatable bonds is 6. The molecule has 1 unspecified atom stereocenters. The molecule has 3 rings (SSSR count). The van der Waals surface area contributed by atoms with E-state index in [1.54, 1.807) is 19.6 Å². The molecule has 0 spiro atoms. The van der Waals surface area contributed by atoms with Crippen molar-refractivity contribution in [2.75, 3.05) is 7.11 Å². The molecule has 0 amide bonds. The van der Waals surface area contributed by atoms with Crippen LogP contribution in [-0.2, 0) is 13.0 Å². The number of benzene rings is 1. The zero-order chi connectivity index (χ0) is 16.9. The third kappa shape index (κ3) is 3.28. The minimum absolute atomic E-state index is 0.0174. The van der Waals surface area contributed by atoms with E-state index in [-0.39, 0.29) is 12.5 Å². The maximum Gasteiger partial charge on any atom is 0.153 e. The van der Waals surface area contributed by atoms with E-state index in [0.717, 1.165) is 28.3 Å². The second-order valence-electron chi connectivity index (χ2n) is 5.58. The van der Waals surface area contributed by atoms with Crippen LogP contribution in [0, 0.1) is 6.92 Å². The average Bonchev–Trinajstić information content (AvgIpc) is 3.14. The van der Waals surface area contributed by atoms with Crippen LogP contribution in [0.15, 0.2) is 43.0 Å². The zero-order valence-corrected chi connectivity index (χ0v) is 13.7. The first-order valence-corrected chi connectivity index (χ1v) is 7.76. The van der Waals surface area contributed by atoms with Crippen LogP contribution >= 0.6 is 0 Å². The lowest BCUT2D eigenvalue weighted by atomic mass is 9.89. The van der Waals surface area contributed by atoms with Gasteiger partial charge in [0.25, 0.3) is 0 Å². The maximum atomic E-state index is 9.25. The minimum atomic E-state index is -0.170. The predicted molar refractivity (Wildman–Crippen MR) is 89.8 cm³/mol. The fourth-order valence-corrected chi connectivity index (χ4v) is 2.91. The molecule has 6 nitrogen and oxygen atoms in total. The molecule has 0 bridgehead atoms. The molecule has 0 aliphatic carbocycles. The van der Waals surface area contributed by atoms with E-state index in [4.69, 9.17) is 4.74 Å². The number of nitrogens with one attached hydrogen (secondary N) is 1. The summed E-state index contributed by atoms with van der Waals surface area (Å²) in [5, 5.41) is 9.25. The maximum absolute atomic E-state index is 9.25. The molecule has 0 saturated carbocycles. The number of methoxy groups -OCH3 is 1. The molecule has 0 aliphatic heterocycles. The highest BCUT2D eigenvalue weighted by molar-refractivity contribution is 5.46. The number of hydrogen-bond donors (Lipinski definition) is 2. The monoisotopic (exact) mass is 324 g/mol. The van der Waals surface area contributed by atoms with E-state index in [1.165, 1.54) is 0 Å². The SMILES string of the molecule is COc1c(C)cccc1C(Cc1ccnc(CO)n1)c1cnc[nH]1. The number of ether oxygens (including phenoxy) is 1. The van der Waals surface area contributed by atoms with Crippen molar-refractivity contribution in [1.29, 1.82) is 0 Å². The van der Waals surface area contributed by atoms with Crippen molar-refractivity contribution in [3.63, 3.8) is 0 Å². The third-order valence-electron chi connectivity index (χ3n) is 4.03. The molecule has 1 aromatic carbocycles. The molecule has 0 aliphatic rings. The van der Waals surface area contributed by atoms with Gasteiger partial charge in [-0.3, -0.25) is 0 Å². The van der Waals surface area contributed by atoms with Gasteiger partial charge in [-0.05, 0) is 18.6 Å². The highest BCUT2D eigenvalue weighted by Crippen LogP contribution is 2.35. The van der Waals surface area contributed by atoms with Crippen molar-refractivity contribution in [2.24, 2.45) is 0 Å². The summed E-state index contributed by atoms with van der Waals surface area (Å²) in [7, 11) is 1.68. The lowest BCUT2D eigenvalue weighted by molar-refractivity contribution is 0.270. The molecule has 24 heavy (non-hydrogen) atoms. The van der Waals surface area contributed by atoms with Crippen LogP contribution in [0.1, 0.15) is 34.3 Å². The van der Waals surface area contributed by atoms with Gasteiger partial charge in [0.2, 0.25) is 0 Å². The Labute approximate surface area is 140 Å². The molecule has 124 valence electrons. The van der Waals surface area contributed by atoms with Crippen molar-refractivity contribution in [2.45, 2.75) is 25.9 Å². The van der Waals surface area contributed by atoms with E-state index in [0.29, 0.717) is 12.2 Å². The Bertz CT molecular complexity index is 803. The number of nitrogens with zero attached hydrogens (tertiary/aromatic N) is 3. The first kappa shape index (κ1) is 16.1. The van der Waals surface area contributed by atoms with Gasteiger partial charge in [0.05, 0.1) is 13.4 Å². The Morgan fingerprint density at radius 3 is 2.88 bits per heavy atom. The molecular weight excluding hydrogens is 304 g/mol. The molecule has 0 radical (unpaired) electrons. The molecule has 1 atom stereocenters. The number of aryl methyl sites for hydroxylation is 1. The topological polar surface area (TPSA) is 83.9 Å². The largest absolute Gasteiger partial charge is 0.496 e. The minimum Gasteiger partial charge on any atom is -0.496 e. The summed E-state index contributed by atoms with van der Waals surface area (Å²) in [6.45, 7) is 1.86.